The number of hydrogen-bond donors (Lipinski definition) is 1. The van der Waals surface area contributed by atoms with E-state index in [1.165, 1.54) is 11.8 Å². The number of thioether (sulfide) groups is 1. The Bertz CT molecular complexity index is 1160. The van der Waals surface area contributed by atoms with Gasteiger partial charge in [-0.2, -0.15) is 0 Å². The van der Waals surface area contributed by atoms with Crippen molar-refractivity contribution in [2.75, 3.05) is 11.1 Å². The van der Waals surface area contributed by atoms with E-state index >= 15 is 0 Å². The van der Waals surface area contributed by atoms with Crippen molar-refractivity contribution in [2.45, 2.75) is 12.1 Å². The smallest absolute Gasteiger partial charge is 0.234 e. The molecule has 2 aromatic heterocycles. The fourth-order valence-electron chi connectivity index (χ4n) is 2.94. The second kappa shape index (κ2) is 9.11. The molecule has 2 aromatic carbocycles. The summed E-state index contributed by atoms with van der Waals surface area (Å²) in [4.78, 5) is 16.6. The fraction of sp³-hybridized carbons (Fsp3) is 0.0909. The first-order chi connectivity index (χ1) is 14.6. The van der Waals surface area contributed by atoms with Gasteiger partial charge in [-0.15, -0.1) is 10.2 Å². The zero-order valence-electron chi connectivity index (χ0n) is 16.1. The van der Waals surface area contributed by atoms with Crippen LogP contribution in [0.4, 0.5) is 5.69 Å². The number of nitrogens with zero attached hydrogens (tertiary/aromatic N) is 4. The number of anilines is 1. The highest BCUT2D eigenvalue weighted by atomic mass is 35.5. The minimum Gasteiger partial charge on any atom is -0.325 e. The lowest BCUT2D eigenvalue weighted by atomic mass is 10.2. The van der Waals surface area contributed by atoms with Crippen molar-refractivity contribution < 1.29 is 4.79 Å². The highest BCUT2D eigenvalue weighted by molar-refractivity contribution is 7.99. The average molecular weight is 436 g/mol. The maximum atomic E-state index is 12.5. The van der Waals surface area contributed by atoms with Gasteiger partial charge in [0.15, 0.2) is 11.0 Å². The van der Waals surface area contributed by atoms with Crippen molar-refractivity contribution in [2.24, 2.45) is 0 Å². The van der Waals surface area contributed by atoms with Gasteiger partial charge >= 0.3 is 0 Å². The molecule has 0 spiro atoms. The van der Waals surface area contributed by atoms with Crippen molar-refractivity contribution in [1.29, 1.82) is 0 Å². The monoisotopic (exact) mass is 435 g/mol. The van der Waals surface area contributed by atoms with Gasteiger partial charge in [0.2, 0.25) is 5.91 Å². The number of aromatic nitrogens is 4. The number of aryl methyl sites for hydroxylation is 1. The molecule has 0 aliphatic heterocycles. The van der Waals surface area contributed by atoms with Gasteiger partial charge in [0.05, 0.1) is 5.75 Å². The molecule has 0 radical (unpaired) electrons. The molecule has 4 rings (SSSR count). The standard InChI is InChI=1S/C22H18ClN5OS/c1-15-13-17(23)7-8-19(15)25-20(29)14-30-22-27-26-21(16-9-11-24-12-10-16)28(22)18-5-3-2-4-6-18/h2-13H,14H2,1H3,(H,25,29). The zero-order chi connectivity index (χ0) is 20.9. The first kappa shape index (κ1) is 20.1. The van der Waals surface area contributed by atoms with Crippen molar-refractivity contribution in [3.05, 3.63) is 83.6 Å². The maximum absolute atomic E-state index is 12.5. The third kappa shape index (κ3) is 4.53. The van der Waals surface area contributed by atoms with Crippen molar-refractivity contribution in [1.82, 2.24) is 19.7 Å². The van der Waals surface area contributed by atoms with Gasteiger partial charge in [-0.05, 0) is 55.0 Å². The summed E-state index contributed by atoms with van der Waals surface area (Å²) in [5.41, 5.74) is 3.47. The summed E-state index contributed by atoms with van der Waals surface area (Å²) < 4.78 is 1.95. The lowest BCUT2D eigenvalue weighted by molar-refractivity contribution is -0.113. The molecule has 1 N–H and O–H groups in total. The number of nitrogens with one attached hydrogen (secondary N) is 1. The molecule has 0 fully saturated rings. The van der Waals surface area contributed by atoms with E-state index in [0.717, 1.165) is 22.5 Å². The van der Waals surface area contributed by atoms with E-state index in [4.69, 9.17) is 11.6 Å². The molecule has 0 aliphatic rings. The van der Waals surface area contributed by atoms with Gasteiger partial charge in [-0.3, -0.25) is 14.3 Å². The molecule has 0 saturated heterocycles. The molecule has 6 nitrogen and oxygen atoms in total. The lowest BCUT2D eigenvalue weighted by Crippen LogP contribution is -2.15. The normalized spacial score (nSPS) is 10.7. The van der Waals surface area contributed by atoms with Crippen LogP contribution in [-0.4, -0.2) is 31.4 Å². The Hall–Kier alpha value is -3.16. The number of amides is 1. The SMILES string of the molecule is Cc1cc(Cl)ccc1NC(=O)CSc1nnc(-c2ccncc2)n1-c1ccccc1. The van der Waals surface area contributed by atoms with E-state index in [1.54, 1.807) is 24.5 Å². The van der Waals surface area contributed by atoms with E-state index in [9.17, 15) is 4.79 Å². The van der Waals surface area contributed by atoms with Crippen LogP contribution < -0.4 is 5.32 Å². The molecule has 8 heteroatoms. The molecule has 1 amide bonds. The summed E-state index contributed by atoms with van der Waals surface area (Å²) in [7, 11) is 0. The number of para-hydroxylation sites is 1. The van der Waals surface area contributed by atoms with Crippen LogP contribution in [0.1, 0.15) is 5.56 Å². The predicted octanol–water partition coefficient (Wildman–Crippen LogP) is 5.02. The van der Waals surface area contributed by atoms with Crippen LogP contribution in [0, 0.1) is 6.92 Å². The van der Waals surface area contributed by atoms with Gasteiger partial charge in [0, 0.05) is 34.4 Å². The van der Waals surface area contributed by atoms with Crippen LogP contribution in [0.25, 0.3) is 17.1 Å². The number of carbonyl (C=O) groups excluding carboxylic acids is 1. The Morgan fingerprint density at radius 3 is 2.57 bits per heavy atom. The van der Waals surface area contributed by atoms with Gasteiger partial charge in [-0.25, -0.2) is 0 Å². The highest BCUT2D eigenvalue weighted by Gasteiger charge is 2.17. The van der Waals surface area contributed by atoms with Gasteiger partial charge < -0.3 is 5.32 Å². The van der Waals surface area contributed by atoms with Gasteiger partial charge in [0.25, 0.3) is 0 Å². The molecular formula is C22H18ClN5OS. The van der Waals surface area contributed by atoms with E-state index in [-0.39, 0.29) is 11.7 Å². The molecule has 2 heterocycles. The predicted molar refractivity (Wildman–Crippen MR) is 120 cm³/mol. The molecule has 0 aliphatic carbocycles. The number of pyridine rings is 1. The number of benzene rings is 2. The molecule has 4 aromatic rings. The Kier molecular flexibility index (Phi) is 6.11. The van der Waals surface area contributed by atoms with Crippen LogP contribution in [-0.2, 0) is 4.79 Å². The minimum absolute atomic E-state index is 0.126. The molecule has 0 bridgehead atoms. The summed E-state index contributed by atoms with van der Waals surface area (Å²) in [5, 5.41) is 12.9. The Balaban J connectivity index is 1.57. The van der Waals surface area contributed by atoms with Gasteiger partial charge in [-0.1, -0.05) is 41.6 Å². The maximum Gasteiger partial charge on any atom is 0.234 e. The van der Waals surface area contributed by atoms with E-state index < -0.39 is 0 Å². The fourth-order valence-corrected chi connectivity index (χ4v) is 3.92. The Labute approximate surface area is 183 Å². The minimum atomic E-state index is -0.126. The van der Waals surface area contributed by atoms with E-state index in [0.29, 0.717) is 16.0 Å². The lowest BCUT2D eigenvalue weighted by Gasteiger charge is -2.11. The van der Waals surface area contributed by atoms with Crippen LogP contribution in [0.15, 0.2) is 78.2 Å². The first-order valence-corrected chi connectivity index (χ1v) is 10.6. The third-order valence-corrected chi connectivity index (χ3v) is 5.55. The second-order valence-electron chi connectivity index (χ2n) is 6.51. The van der Waals surface area contributed by atoms with Crippen molar-refractivity contribution in [3.8, 4) is 17.1 Å². The largest absolute Gasteiger partial charge is 0.325 e. The number of halogens is 1. The number of rotatable bonds is 6. The summed E-state index contributed by atoms with van der Waals surface area (Å²) in [6.07, 6.45) is 3.43. The average Bonchev–Trinajstić information content (AvgIpc) is 3.19. The molecule has 0 unspecified atom stereocenters. The van der Waals surface area contributed by atoms with Crippen LogP contribution in [0.3, 0.4) is 0 Å². The summed E-state index contributed by atoms with van der Waals surface area (Å²) in [6, 6.07) is 19.0. The molecule has 0 atom stereocenters. The molecule has 150 valence electrons. The topological polar surface area (TPSA) is 72.7 Å². The third-order valence-electron chi connectivity index (χ3n) is 4.38. The summed E-state index contributed by atoms with van der Waals surface area (Å²) >= 11 is 7.31. The molecular weight excluding hydrogens is 418 g/mol. The summed E-state index contributed by atoms with van der Waals surface area (Å²) in [6.45, 7) is 1.90. The van der Waals surface area contributed by atoms with Crippen molar-refractivity contribution >= 4 is 35.0 Å². The Morgan fingerprint density at radius 1 is 1.07 bits per heavy atom. The summed E-state index contributed by atoms with van der Waals surface area (Å²) in [5.74, 6) is 0.766. The highest BCUT2D eigenvalue weighted by Crippen LogP contribution is 2.28. The van der Waals surface area contributed by atoms with E-state index in [2.05, 4.69) is 20.5 Å². The van der Waals surface area contributed by atoms with E-state index in [1.807, 2.05) is 60.0 Å². The van der Waals surface area contributed by atoms with Crippen LogP contribution >= 0.6 is 23.4 Å². The first-order valence-electron chi connectivity index (χ1n) is 9.22. The quantitative estimate of drug-likeness (QED) is 0.430. The van der Waals surface area contributed by atoms with Crippen LogP contribution in [0.2, 0.25) is 5.02 Å². The molecule has 30 heavy (non-hydrogen) atoms. The number of carbonyl (C=O) groups is 1. The second-order valence-corrected chi connectivity index (χ2v) is 7.89. The zero-order valence-corrected chi connectivity index (χ0v) is 17.7. The van der Waals surface area contributed by atoms with Crippen LogP contribution in [0.5, 0.6) is 0 Å². The number of hydrogen-bond acceptors (Lipinski definition) is 5. The van der Waals surface area contributed by atoms with Crippen molar-refractivity contribution in [3.63, 3.8) is 0 Å². The molecule has 0 saturated carbocycles. The van der Waals surface area contributed by atoms with Gasteiger partial charge in [0.1, 0.15) is 0 Å². The Morgan fingerprint density at radius 2 is 1.83 bits per heavy atom.